The summed E-state index contributed by atoms with van der Waals surface area (Å²) in [5, 5.41) is 4.15. The van der Waals surface area contributed by atoms with Crippen LogP contribution in [0.25, 0.3) is 0 Å². The third-order valence-electron chi connectivity index (χ3n) is 19.8. The van der Waals surface area contributed by atoms with E-state index in [9.17, 15) is 35.9 Å². The van der Waals surface area contributed by atoms with Gasteiger partial charge >= 0.3 is 24.2 Å². The minimum atomic E-state index is -5.06. The van der Waals surface area contributed by atoms with Crippen LogP contribution in [0, 0.1) is 23.7 Å². The van der Waals surface area contributed by atoms with E-state index in [4.69, 9.17) is 8.85 Å². The summed E-state index contributed by atoms with van der Waals surface area (Å²) >= 11 is 0. The minimum Gasteiger partial charge on any atom is -0.407 e. The van der Waals surface area contributed by atoms with Gasteiger partial charge in [-0.15, -0.1) is 0 Å². The molecule has 2 saturated heterocycles. The number of carbonyl (C=O) groups excluding carboxylic acids is 2. The van der Waals surface area contributed by atoms with Gasteiger partial charge in [-0.1, -0.05) is 202 Å². The van der Waals surface area contributed by atoms with Crippen LogP contribution in [0.15, 0.2) is 133 Å². The number of likely N-dealkylation sites (tertiary alicyclic amines) is 2. The maximum atomic E-state index is 14.9. The van der Waals surface area contributed by atoms with Gasteiger partial charge < -0.3 is 18.7 Å². The molecular formula is C67H90F6N2O4Si2. The molecule has 4 fully saturated rings. The normalized spacial score (nSPS) is 25.0. The molecule has 81 heavy (non-hydrogen) atoms. The number of carbonyl (C=O) groups is 2. The van der Waals surface area contributed by atoms with Crippen molar-refractivity contribution in [3.63, 3.8) is 0 Å². The fourth-order valence-corrected chi connectivity index (χ4v) is 25.6. The van der Waals surface area contributed by atoms with Crippen molar-refractivity contribution < 1.29 is 44.8 Å². The van der Waals surface area contributed by atoms with E-state index in [1.807, 2.05) is 84.9 Å². The molecule has 14 heteroatoms. The van der Waals surface area contributed by atoms with Gasteiger partial charge in [0.25, 0.3) is 16.6 Å². The summed E-state index contributed by atoms with van der Waals surface area (Å²) < 4.78 is 104. The highest BCUT2D eigenvalue weighted by Gasteiger charge is 2.61. The fraction of sp³-hybridized carbons (Fsp3) is 0.582. The number of benzene rings is 4. The average Bonchev–Trinajstić information content (AvgIpc) is 4.13. The van der Waals surface area contributed by atoms with Crippen molar-refractivity contribution in [3.8, 4) is 0 Å². The Kier molecular flexibility index (Phi) is 19.6. The van der Waals surface area contributed by atoms with Gasteiger partial charge in [0, 0.05) is 36.4 Å². The molecule has 2 aliphatic heterocycles. The molecule has 0 bridgehead atoms. The molecule has 2 heterocycles. The van der Waals surface area contributed by atoms with Crippen molar-refractivity contribution >= 4 is 49.2 Å². The average molecular weight is 1160 g/mol. The predicted octanol–water partition coefficient (Wildman–Crippen LogP) is 14.9. The molecule has 6 nitrogen and oxygen atoms in total. The van der Waals surface area contributed by atoms with Crippen LogP contribution < -0.4 is 20.7 Å². The molecule has 4 aliphatic rings. The summed E-state index contributed by atoms with van der Waals surface area (Å²) in [6.45, 7) is 18.4. The highest BCUT2D eigenvalue weighted by Crippen LogP contribution is 2.55. The number of alkyl halides is 6. The van der Waals surface area contributed by atoms with Crippen molar-refractivity contribution in [1.82, 2.24) is 9.80 Å². The first-order valence-electron chi connectivity index (χ1n) is 30.3. The second-order valence-corrected chi connectivity index (χ2v) is 35.1. The maximum absolute atomic E-state index is 14.9. The zero-order valence-corrected chi connectivity index (χ0v) is 51.4. The molecule has 2 amide bonds. The maximum Gasteiger partial charge on any atom is 0.471 e. The van der Waals surface area contributed by atoms with E-state index in [1.165, 1.54) is 9.80 Å². The van der Waals surface area contributed by atoms with Gasteiger partial charge in [0.05, 0.1) is 0 Å². The molecule has 0 radical (unpaired) electrons. The SMILES string of the molecule is C[C@@H](CCO[Si](c1ccccc1)(c1ccccc1)C(C)(C)C)[C@H]1CCC[C@]12CCC[C@H](CC/C=C/C[C@H]1CCC[C@]3(CCC[C@@H]3[C@@H](C)CCO[Si](c3ccccc3)(c3ccccc3)C(C)(C)C)N1C(=O)C(F)(F)F)N2C(=O)C(F)(F)F. The van der Waals surface area contributed by atoms with Crippen molar-refractivity contribution in [3.05, 3.63) is 133 Å². The van der Waals surface area contributed by atoms with Crippen molar-refractivity contribution in [2.24, 2.45) is 23.7 Å². The summed E-state index contributed by atoms with van der Waals surface area (Å²) in [7, 11) is -5.73. The van der Waals surface area contributed by atoms with Crippen LogP contribution in [0.1, 0.15) is 165 Å². The number of piperidine rings is 2. The van der Waals surface area contributed by atoms with Crippen LogP contribution in [-0.4, -0.2) is 87.0 Å². The lowest BCUT2D eigenvalue weighted by atomic mass is 9.70. The summed E-state index contributed by atoms with van der Waals surface area (Å²) in [6.07, 6.45) is 2.85. The zero-order chi connectivity index (χ0) is 58.5. The van der Waals surface area contributed by atoms with Gasteiger partial charge in [0.15, 0.2) is 0 Å². The summed E-state index contributed by atoms with van der Waals surface area (Å²) in [5.74, 6) is -3.94. The number of rotatable bonds is 19. The van der Waals surface area contributed by atoms with Crippen molar-refractivity contribution in [1.29, 1.82) is 0 Å². The Morgan fingerprint density at radius 2 is 0.840 bits per heavy atom. The second-order valence-electron chi connectivity index (χ2n) is 26.5. The van der Waals surface area contributed by atoms with E-state index in [-0.39, 0.29) is 40.2 Å². The molecule has 2 spiro atoms. The van der Waals surface area contributed by atoms with Crippen molar-refractivity contribution in [2.45, 2.75) is 210 Å². The minimum absolute atomic E-state index is 0.0290. The van der Waals surface area contributed by atoms with E-state index < -0.39 is 64.0 Å². The fourth-order valence-electron chi connectivity index (χ4n) is 16.4. The molecule has 0 unspecified atom stereocenters. The van der Waals surface area contributed by atoms with E-state index in [2.05, 4.69) is 104 Å². The molecule has 2 aliphatic carbocycles. The van der Waals surface area contributed by atoms with E-state index in [0.29, 0.717) is 90.3 Å². The first kappa shape index (κ1) is 62.5. The Bertz CT molecular complexity index is 2620. The number of amides is 2. The molecular weight excluding hydrogens is 1070 g/mol. The summed E-state index contributed by atoms with van der Waals surface area (Å²) in [6, 6.07) is 40.2. The molecule has 0 N–H and O–H groups in total. The van der Waals surface area contributed by atoms with Gasteiger partial charge in [-0.3, -0.25) is 9.59 Å². The van der Waals surface area contributed by atoms with Crippen LogP contribution in [0.2, 0.25) is 10.1 Å². The molecule has 4 aromatic rings. The lowest BCUT2D eigenvalue weighted by Crippen LogP contribution is -2.66. The number of allylic oxidation sites excluding steroid dienone is 1. The first-order valence-corrected chi connectivity index (χ1v) is 34.1. The Hall–Kier alpha value is -4.51. The summed E-state index contributed by atoms with van der Waals surface area (Å²) in [4.78, 5) is 30.3. The van der Waals surface area contributed by atoms with E-state index in [0.717, 1.165) is 46.4 Å². The quantitative estimate of drug-likeness (QED) is 0.0533. The molecule has 442 valence electrons. The van der Waals surface area contributed by atoms with Gasteiger partial charge in [-0.25, -0.2) is 0 Å². The molecule has 2 saturated carbocycles. The highest BCUT2D eigenvalue weighted by molar-refractivity contribution is 7.00. The number of nitrogens with zero attached hydrogens (tertiary/aromatic N) is 2. The largest absolute Gasteiger partial charge is 0.471 e. The predicted molar refractivity (Wildman–Crippen MR) is 319 cm³/mol. The monoisotopic (exact) mass is 1160 g/mol. The van der Waals surface area contributed by atoms with Crippen LogP contribution in [0.3, 0.4) is 0 Å². The Labute approximate surface area is 482 Å². The number of hydrogen-bond donors (Lipinski definition) is 0. The second kappa shape index (κ2) is 25.4. The van der Waals surface area contributed by atoms with E-state index in [1.54, 1.807) is 0 Å². The third-order valence-corrected chi connectivity index (χ3v) is 29.9. The number of hydrogen-bond acceptors (Lipinski definition) is 4. The zero-order valence-electron chi connectivity index (χ0n) is 49.4. The molecule has 8 atom stereocenters. The molecule has 0 aromatic heterocycles. The lowest BCUT2D eigenvalue weighted by Gasteiger charge is -2.54. The smallest absolute Gasteiger partial charge is 0.407 e. The standard InChI is InChI=1S/C67H90F6N2O4Si2/c1-50(42-48-78-80(62(3,4)5,54-32-16-10-17-33-54)55-34-18-11-19-35-55)58-40-26-46-64(58)44-24-30-52(74(64)60(76)66(68,69)70)28-14-9-15-29-53-31-25-45-65(75(53)61(77)67(71,72)73)47-27-41-59(65)51(2)43-49-79-81(63(6,7)8,56-36-20-12-21-37-56)57-38-22-13-23-39-57/h9-14,16-23,32-39,50-53,58-59H,15,24-31,40-49H2,1-8H3/b14-9+/t50-,51-,52-,53-,58+,59+,64+,65+/m0/s1. The highest BCUT2D eigenvalue weighted by atomic mass is 28.4. The topological polar surface area (TPSA) is 59.1 Å². The third kappa shape index (κ3) is 12.7. The van der Waals surface area contributed by atoms with Crippen molar-refractivity contribution in [2.75, 3.05) is 13.2 Å². The van der Waals surface area contributed by atoms with Crippen LogP contribution in [0.4, 0.5) is 26.3 Å². The van der Waals surface area contributed by atoms with Gasteiger partial charge in [-0.2, -0.15) is 26.3 Å². The van der Waals surface area contributed by atoms with Gasteiger partial charge in [0.1, 0.15) is 0 Å². The molecule has 4 aromatic carbocycles. The Balaban J connectivity index is 0.965. The van der Waals surface area contributed by atoms with Gasteiger partial charge in [0.2, 0.25) is 0 Å². The lowest BCUT2D eigenvalue weighted by molar-refractivity contribution is -0.201. The Morgan fingerprint density at radius 3 is 1.17 bits per heavy atom. The van der Waals surface area contributed by atoms with Crippen LogP contribution in [0.5, 0.6) is 0 Å². The van der Waals surface area contributed by atoms with Crippen LogP contribution in [-0.2, 0) is 18.4 Å². The van der Waals surface area contributed by atoms with E-state index >= 15 is 0 Å². The summed E-state index contributed by atoms with van der Waals surface area (Å²) in [5.41, 5.74) is -1.91. The number of halogens is 6. The van der Waals surface area contributed by atoms with Gasteiger partial charge in [-0.05, 0) is 151 Å². The molecule has 8 rings (SSSR count). The Morgan fingerprint density at radius 1 is 0.519 bits per heavy atom. The first-order chi connectivity index (χ1) is 38.3. The van der Waals surface area contributed by atoms with Crippen LogP contribution >= 0.6 is 0 Å².